The molecule has 1 atom stereocenters. The van der Waals surface area contributed by atoms with E-state index in [1.54, 1.807) is 26.4 Å². The van der Waals surface area contributed by atoms with Gasteiger partial charge < -0.3 is 28.8 Å². The SMILES string of the molecule is CON=C(C(=O)N[C@@H](Cc1ccc(-c2c(OC)cccc2OC)cc1)C(=O)OC)c1ccco1. The van der Waals surface area contributed by atoms with Crippen LogP contribution >= 0.6 is 0 Å². The number of ether oxygens (including phenoxy) is 3. The lowest BCUT2D eigenvalue weighted by atomic mass is 9.99. The first kappa shape index (κ1) is 24.4. The van der Waals surface area contributed by atoms with Crippen molar-refractivity contribution in [2.75, 3.05) is 28.4 Å². The lowest BCUT2D eigenvalue weighted by Crippen LogP contribution is -2.46. The van der Waals surface area contributed by atoms with Crippen molar-refractivity contribution in [1.29, 1.82) is 0 Å². The summed E-state index contributed by atoms with van der Waals surface area (Å²) in [6, 6.07) is 15.3. The Labute approximate surface area is 197 Å². The molecule has 34 heavy (non-hydrogen) atoms. The van der Waals surface area contributed by atoms with E-state index in [2.05, 4.69) is 10.5 Å². The number of carbonyl (C=O) groups is 2. The molecule has 0 spiro atoms. The van der Waals surface area contributed by atoms with Crippen LogP contribution in [0.2, 0.25) is 0 Å². The largest absolute Gasteiger partial charge is 0.496 e. The summed E-state index contributed by atoms with van der Waals surface area (Å²) < 4.78 is 21.1. The molecule has 0 radical (unpaired) electrons. The molecule has 0 aliphatic heterocycles. The van der Waals surface area contributed by atoms with Gasteiger partial charge in [-0.15, -0.1) is 0 Å². The van der Waals surface area contributed by atoms with Gasteiger partial charge in [0.2, 0.25) is 5.71 Å². The molecule has 2 aromatic carbocycles. The minimum Gasteiger partial charge on any atom is -0.496 e. The smallest absolute Gasteiger partial charge is 0.328 e. The van der Waals surface area contributed by atoms with Crippen molar-refractivity contribution in [2.45, 2.75) is 12.5 Å². The molecule has 0 saturated carbocycles. The molecule has 1 heterocycles. The molecule has 1 N–H and O–H groups in total. The van der Waals surface area contributed by atoms with E-state index in [1.807, 2.05) is 42.5 Å². The van der Waals surface area contributed by atoms with Gasteiger partial charge >= 0.3 is 5.97 Å². The van der Waals surface area contributed by atoms with Gasteiger partial charge in [0.25, 0.3) is 5.91 Å². The van der Waals surface area contributed by atoms with Crippen LogP contribution in [0.25, 0.3) is 11.1 Å². The standard InChI is InChI=1S/C25H26N2O7/c1-30-19-7-5-8-20(31-2)22(19)17-12-10-16(11-13-17)15-18(25(29)32-3)26-24(28)23(27-33-4)21-9-6-14-34-21/h5-14,18H,15H2,1-4H3,(H,26,28)/t18-/m0/s1. The summed E-state index contributed by atoms with van der Waals surface area (Å²) in [5.74, 6) is 0.324. The van der Waals surface area contributed by atoms with Gasteiger partial charge in [-0.05, 0) is 35.4 Å². The first-order valence-electron chi connectivity index (χ1n) is 10.4. The molecule has 0 saturated heterocycles. The van der Waals surface area contributed by atoms with Crippen LogP contribution in [-0.2, 0) is 25.6 Å². The quantitative estimate of drug-likeness (QED) is 0.278. The fourth-order valence-corrected chi connectivity index (χ4v) is 3.44. The highest BCUT2D eigenvalue weighted by atomic mass is 16.6. The zero-order valence-corrected chi connectivity index (χ0v) is 19.4. The van der Waals surface area contributed by atoms with Crippen LogP contribution in [-0.4, -0.2) is 52.1 Å². The summed E-state index contributed by atoms with van der Waals surface area (Å²) >= 11 is 0. The summed E-state index contributed by atoms with van der Waals surface area (Å²) in [5.41, 5.74) is 2.40. The van der Waals surface area contributed by atoms with Crippen LogP contribution in [0.4, 0.5) is 0 Å². The fraction of sp³-hybridized carbons (Fsp3) is 0.240. The second-order valence-electron chi connectivity index (χ2n) is 7.09. The molecule has 0 unspecified atom stereocenters. The second kappa shape index (κ2) is 11.6. The van der Waals surface area contributed by atoms with E-state index in [1.165, 1.54) is 20.5 Å². The van der Waals surface area contributed by atoms with Crippen molar-refractivity contribution in [1.82, 2.24) is 5.32 Å². The summed E-state index contributed by atoms with van der Waals surface area (Å²) in [7, 11) is 5.77. The highest BCUT2D eigenvalue weighted by Gasteiger charge is 2.26. The van der Waals surface area contributed by atoms with E-state index >= 15 is 0 Å². The number of nitrogens with one attached hydrogen (secondary N) is 1. The predicted octanol–water partition coefficient (Wildman–Crippen LogP) is 3.21. The minimum absolute atomic E-state index is 0.0972. The molecule has 0 bridgehead atoms. The van der Waals surface area contributed by atoms with Crippen molar-refractivity contribution in [3.05, 3.63) is 72.2 Å². The topological polar surface area (TPSA) is 109 Å². The molecule has 1 aromatic heterocycles. The Kier molecular flexibility index (Phi) is 8.28. The van der Waals surface area contributed by atoms with Crippen LogP contribution < -0.4 is 14.8 Å². The lowest BCUT2D eigenvalue weighted by Gasteiger charge is -2.17. The van der Waals surface area contributed by atoms with Gasteiger partial charge in [-0.1, -0.05) is 35.5 Å². The van der Waals surface area contributed by atoms with E-state index in [0.29, 0.717) is 11.5 Å². The number of amides is 1. The number of rotatable bonds is 10. The third kappa shape index (κ3) is 5.55. The second-order valence-corrected chi connectivity index (χ2v) is 7.09. The Balaban J connectivity index is 1.82. The van der Waals surface area contributed by atoms with Crippen LogP contribution in [0.5, 0.6) is 11.5 Å². The van der Waals surface area contributed by atoms with Crippen molar-refractivity contribution in [3.8, 4) is 22.6 Å². The molecular formula is C25H26N2O7. The normalized spacial score (nSPS) is 11.9. The first-order chi connectivity index (χ1) is 16.5. The zero-order chi connectivity index (χ0) is 24.5. The number of hydrogen-bond acceptors (Lipinski definition) is 8. The first-order valence-corrected chi connectivity index (χ1v) is 10.4. The predicted molar refractivity (Wildman–Crippen MR) is 125 cm³/mol. The summed E-state index contributed by atoms with van der Waals surface area (Å²) in [4.78, 5) is 30.0. The Morgan fingerprint density at radius 1 is 0.941 bits per heavy atom. The lowest BCUT2D eigenvalue weighted by molar-refractivity contribution is -0.144. The van der Waals surface area contributed by atoms with Crippen molar-refractivity contribution in [2.24, 2.45) is 5.16 Å². The van der Waals surface area contributed by atoms with E-state index < -0.39 is 17.9 Å². The number of esters is 1. The Morgan fingerprint density at radius 3 is 2.15 bits per heavy atom. The molecule has 1 amide bonds. The van der Waals surface area contributed by atoms with Crippen LogP contribution in [0, 0.1) is 0 Å². The maximum Gasteiger partial charge on any atom is 0.328 e. The van der Waals surface area contributed by atoms with Gasteiger partial charge in [-0.3, -0.25) is 4.79 Å². The maximum atomic E-state index is 12.8. The van der Waals surface area contributed by atoms with Gasteiger partial charge in [-0.2, -0.15) is 0 Å². The van der Waals surface area contributed by atoms with Gasteiger partial charge in [0.1, 0.15) is 24.7 Å². The van der Waals surface area contributed by atoms with E-state index in [9.17, 15) is 9.59 Å². The summed E-state index contributed by atoms with van der Waals surface area (Å²) in [6.45, 7) is 0. The number of furan rings is 1. The average molecular weight is 466 g/mol. The van der Waals surface area contributed by atoms with Crippen molar-refractivity contribution < 1.29 is 33.1 Å². The molecule has 9 heteroatoms. The van der Waals surface area contributed by atoms with Gasteiger partial charge in [0.05, 0.1) is 33.2 Å². The molecular weight excluding hydrogens is 440 g/mol. The third-order valence-corrected chi connectivity index (χ3v) is 5.05. The minimum atomic E-state index is -0.957. The van der Waals surface area contributed by atoms with Gasteiger partial charge in [-0.25, -0.2) is 4.79 Å². The van der Waals surface area contributed by atoms with Crippen molar-refractivity contribution >= 4 is 17.6 Å². The molecule has 0 aliphatic carbocycles. The van der Waals surface area contributed by atoms with Crippen LogP contribution in [0.15, 0.2) is 70.4 Å². The van der Waals surface area contributed by atoms with E-state index in [-0.39, 0.29) is 17.9 Å². The Bertz CT molecular complexity index is 1120. The highest BCUT2D eigenvalue weighted by Crippen LogP contribution is 2.38. The highest BCUT2D eigenvalue weighted by molar-refractivity contribution is 6.44. The number of nitrogens with zero attached hydrogens (tertiary/aromatic N) is 1. The fourth-order valence-electron chi connectivity index (χ4n) is 3.44. The molecule has 9 nitrogen and oxygen atoms in total. The summed E-state index contributed by atoms with van der Waals surface area (Å²) in [6.07, 6.45) is 1.60. The van der Waals surface area contributed by atoms with Crippen LogP contribution in [0.3, 0.4) is 0 Å². The average Bonchev–Trinajstić information content (AvgIpc) is 3.40. The molecule has 3 aromatic rings. The number of hydrogen-bond donors (Lipinski definition) is 1. The van der Waals surface area contributed by atoms with E-state index in [0.717, 1.165) is 16.7 Å². The summed E-state index contributed by atoms with van der Waals surface area (Å²) in [5, 5.41) is 6.37. The monoisotopic (exact) mass is 466 g/mol. The maximum absolute atomic E-state index is 12.8. The Morgan fingerprint density at radius 2 is 1.62 bits per heavy atom. The number of benzene rings is 2. The van der Waals surface area contributed by atoms with Gasteiger partial charge in [0, 0.05) is 6.42 Å². The Hall–Kier alpha value is -4.27. The molecule has 3 rings (SSSR count). The van der Waals surface area contributed by atoms with Crippen LogP contribution in [0.1, 0.15) is 11.3 Å². The molecule has 0 fully saturated rings. The third-order valence-electron chi connectivity index (χ3n) is 5.05. The number of oxime groups is 1. The molecule has 178 valence electrons. The number of methoxy groups -OCH3 is 3. The van der Waals surface area contributed by atoms with E-state index in [4.69, 9.17) is 23.5 Å². The number of carbonyl (C=O) groups excluding carboxylic acids is 2. The van der Waals surface area contributed by atoms with Gasteiger partial charge in [0.15, 0.2) is 5.76 Å². The van der Waals surface area contributed by atoms with Crippen molar-refractivity contribution in [3.63, 3.8) is 0 Å². The molecule has 0 aliphatic rings. The zero-order valence-electron chi connectivity index (χ0n) is 19.4.